The van der Waals surface area contributed by atoms with E-state index in [0.717, 1.165) is 37.4 Å². The molecule has 1 atom stereocenters. The lowest BCUT2D eigenvalue weighted by atomic mass is 10.0. The van der Waals surface area contributed by atoms with Gasteiger partial charge in [-0.3, -0.25) is 19.7 Å². The number of anilines is 1. The standard InChI is InChI=1S/C19H26N4O3/c1-3-20-9-10-22(4-2)14-5-6-15-13(11-14)12-23(19(15)26)16-7-8-17(24)21-18(16)25/h5-6,11,16,20H,3-4,7-10,12H2,1-2H3,(H,21,24,25). The van der Waals surface area contributed by atoms with Crippen molar-refractivity contribution in [3.05, 3.63) is 29.3 Å². The van der Waals surface area contributed by atoms with Gasteiger partial charge in [-0.25, -0.2) is 0 Å². The second-order valence-electron chi connectivity index (χ2n) is 6.67. The fraction of sp³-hybridized carbons (Fsp3) is 0.526. The fourth-order valence-corrected chi connectivity index (χ4v) is 3.62. The molecule has 1 unspecified atom stereocenters. The zero-order chi connectivity index (χ0) is 18.7. The van der Waals surface area contributed by atoms with E-state index in [1.165, 1.54) is 0 Å². The number of benzene rings is 1. The number of rotatable bonds is 7. The third-order valence-corrected chi connectivity index (χ3v) is 5.06. The Morgan fingerprint density at radius 2 is 2.08 bits per heavy atom. The summed E-state index contributed by atoms with van der Waals surface area (Å²) < 4.78 is 0. The molecule has 1 aromatic rings. The first kappa shape index (κ1) is 18.4. The molecular formula is C19H26N4O3. The number of likely N-dealkylation sites (N-methyl/N-ethyl adjacent to an activating group) is 2. The molecule has 140 valence electrons. The lowest BCUT2D eigenvalue weighted by Gasteiger charge is -2.29. The van der Waals surface area contributed by atoms with Crippen molar-refractivity contribution in [1.82, 2.24) is 15.5 Å². The Hall–Kier alpha value is -2.41. The summed E-state index contributed by atoms with van der Waals surface area (Å²) in [5.74, 6) is -0.767. The summed E-state index contributed by atoms with van der Waals surface area (Å²) in [6.45, 7) is 8.24. The molecule has 0 spiro atoms. The van der Waals surface area contributed by atoms with Gasteiger partial charge in [0, 0.05) is 43.9 Å². The molecule has 0 aliphatic carbocycles. The number of imide groups is 1. The number of hydrogen-bond donors (Lipinski definition) is 2. The van der Waals surface area contributed by atoms with Crippen LogP contribution in [0.3, 0.4) is 0 Å². The van der Waals surface area contributed by atoms with Gasteiger partial charge >= 0.3 is 0 Å². The Bertz CT molecular complexity index is 719. The number of nitrogens with zero attached hydrogens (tertiary/aromatic N) is 2. The molecule has 3 rings (SSSR count). The number of amides is 3. The Labute approximate surface area is 153 Å². The van der Waals surface area contributed by atoms with E-state index >= 15 is 0 Å². The molecule has 1 aromatic carbocycles. The van der Waals surface area contributed by atoms with Crippen LogP contribution in [0.5, 0.6) is 0 Å². The number of fused-ring (bicyclic) bond motifs is 1. The van der Waals surface area contributed by atoms with Gasteiger partial charge in [-0.1, -0.05) is 6.92 Å². The van der Waals surface area contributed by atoms with E-state index in [1.54, 1.807) is 4.90 Å². The predicted molar refractivity (Wildman–Crippen MR) is 98.9 cm³/mol. The maximum atomic E-state index is 12.7. The summed E-state index contributed by atoms with van der Waals surface area (Å²) in [6.07, 6.45) is 0.664. The van der Waals surface area contributed by atoms with Gasteiger partial charge < -0.3 is 15.1 Å². The van der Waals surface area contributed by atoms with E-state index < -0.39 is 6.04 Å². The molecule has 7 heteroatoms. The van der Waals surface area contributed by atoms with E-state index in [0.29, 0.717) is 18.5 Å². The first-order chi connectivity index (χ1) is 12.5. The minimum Gasteiger partial charge on any atom is -0.371 e. The maximum absolute atomic E-state index is 12.7. The summed E-state index contributed by atoms with van der Waals surface area (Å²) in [5, 5.41) is 5.66. The summed E-state index contributed by atoms with van der Waals surface area (Å²) in [7, 11) is 0. The number of piperidine rings is 1. The van der Waals surface area contributed by atoms with Crippen LogP contribution < -0.4 is 15.5 Å². The van der Waals surface area contributed by atoms with Crippen LogP contribution in [0.25, 0.3) is 0 Å². The first-order valence-corrected chi connectivity index (χ1v) is 9.28. The van der Waals surface area contributed by atoms with Crippen molar-refractivity contribution < 1.29 is 14.4 Å². The Kier molecular flexibility index (Phi) is 5.56. The van der Waals surface area contributed by atoms with E-state index in [9.17, 15) is 14.4 Å². The lowest BCUT2D eigenvalue weighted by Crippen LogP contribution is -2.52. The molecule has 1 saturated heterocycles. The fourth-order valence-electron chi connectivity index (χ4n) is 3.62. The van der Waals surface area contributed by atoms with Crippen LogP contribution in [0.2, 0.25) is 0 Å². The smallest absolute Gasteiger partial charge is 0.255 e. The largest absolute Gasteiger partial charge is 0.371 e. The molecule has 0 saturated carbocycles. The highest BCUT2D eigenvalue weighted by molar-refractivity contribution is 6.05. The molecule has 2 N–H and O–H groups in total. The van der Waals surface area contributed by atoms with E-state index in [-0.39, 0.29) is 24.1 Å². The van der Waals surface area contributed by atoms with Crippen molar-refractivity contribution in [2.45, 2.75) is 39.3 Å². The van der Waals surface area contributed by atoms with Gasteiger partial charge in [-0.05, 0) is 43.7 Å². The quantitative estimate of drug-likeness (QED) is 0.559. The summed E-state index contributed by atoms with van der Waals surface area (Å²) in [6, 6.07) is 5.32. The van der Waals surface area contributed by atoms with E-state index in [4.69, 9.17) is 0 Å². The molecule has 2 heterocycles. The summed E-state index contributed by atoms with van der Waals surface area (Å²) >= 11 is 0. The molecule has 1 fully saturated rings. The Balaban J connectivity index is 1.75. The third-order valence-electron chi connectivity index (χ3n) is 5.06. The van der Waals surface area contributed by atoms with Gasteiger partial charge in [0.15, 0.2) is 0 Å². The van der Waals surface area contributed by atoms with Crippen molar-refractivity contribution in [3.63, 3.8) is 0 Å². The highest BCUT2D eigenvalue weighted by Crippen LogP contribution is 2.30. The van der Waals surface area contributed by atoms with Crippen LogP contribution in [0.1, 0.15) is 42.6 Å². The van der Waals surface area contributed by atoms with Crippen molar-refractivity contribution in [2.24, 2.45) is 0 Å². The van der Waals surface area contributed by atoms with Crippen LogP contribution in [-0.4, -0.2) is 54.8 Å². The highest BCUT2D eigenvalue weighted by Gasteiger charge is 2.39. The molecule has 0 bridgehead atoms. The molecule has 26 heavy (non-hydrogen) atoms. The van der Waals surface area contributed by atoms with Crippen molar-refractivity contribution in [1.29, 1.82) is 0 Å². The topological polar surface area (TPSA) is 81.8 Å². The minimum absolute atomic E-state index is 0.128. The SMILES string of the molecule is CCNCCN(CC)c1ccc2c(c1)CN(C1CCC(=O)NC1=O)C2=O. The molecule has 7 nitrogen and oxygen atoms in total. The monoisotopic (exact) mass is 358 g/mol. The van der Waals surface area contributed by atoms with Crippen LogP contribution in [0, 0.1) is 0 Å². The van der Waals surface area contributed by atoms with E-state index in [1.807, 2.05) is 12.1 Å². The second-order valence-corrected chi connectivity index (χ2v) is 6.67. The molecule has 3 amide bonds. The predicted octanol–water partition coefficient (Wildman–Crippen LogP) is 0.883. The summed E-state index contributed by atoms with van der Waals surface area (Å²) in [5.41, 5.74) is 2.68. The average molecular weight is 358 g/mol. The zero-order valence-electron chi connectivity index (χ0n) is 15.4. The Morgan fingerprint density at radius 1 is 1.27 bits per heavy atom. The minimum atomic E-state index is -0.563. The van der Waals surface area contributed by atoms with Crippen molar-refractivity contribution >= 4 is 23.4 Å². The lowest BCUT2D eigenvalue weighted by molar-refractivity contribution is -0.136. The van der Waals surface area contributed by atoms with Gasteiger partial charge in [0.1, 0.15) is 6.04 Å². The average Bonchev–Trinajstić information content (AvgIpc) is 2.95. The highest BCUT2D eigenvalue weighted by atomic mass is 16.2. The van der Waals surface area contributed by atoms with Crippen LogP contribution in [0.4, 0.5) is 5.69 Å². The number of carbonyl (C=O) groups excluding carboxylic acids is 3. The summed E-state index contributed by atoms with van der Waals surface area (Å²) in [4.78, 5) is 40.0. The molecule has 0 aromatic heterocycles. The van der Waals surface area contributed by atoms with Crippen molar-refractivity contribution in [2.75, 3.05) is 31.1 Å². The van der Waals surface area contributed by atoms with Gasteiger partial charge in [0.25, 0.3) is 5.91 Å². The van der Waals surface area contributed by atoms with Gasteiger partial charge in [-0.2, -0.15) is 0 Å². The number of carbonyl (C=O) groups is 3. The van der Waals surface area contributed by atoms with Gasteiger partial charge in [0.05, 0.1) is 0 Å². The number of hydrogen-bond acceptors (Lipinski definition) is 5. The molecule has 2 aliphatic heterocycles. The third kappa shape index (κ3) is 3.58. The van der Waals surface area contributed by atoms with Gasteiger partial charge in [0.2, 0.25) is 11.8 Å². The van der Waals surface area contributed by atoms with Crippen LogP contribution >= 0.6 is 0 Å². The molecule has 0 radical (unpaired) electrons. The van der Waals surface area contributed by atoms with E-state index in [2.05, 4.69) is 35.4 Å². The second kappa shape index (κ2) is 7.86. The van der Waals surface area contributed by atoms with Crippen LogP contribution in [-0.2, 0) is 16.1 Å². The van der Waals surface area contributed by atoms with Gasteiger partial charge in [-0.15, -0.1) is 0 Å². The zero-order valence-corrected chi connectivity index (χ0v) is 15.4. The number of nitrogens with one attached hydrogen (secondary N) is 2. The molecular weight excluding hydrogens is 332 g/mol. The maximum Gasteiger partial charge on any atom is 0.255 e. The normalized spacial score (nSPS) is 19.5. The van der Waals surface area contributed by atoms with Crippen LogP contribution in [0.15, 0.2) is 18.2 Å². The molecule has 2 aliphatic rings. The van der Waals surface area contributed by atoms with Crippen molar-refractivity contribution in [3.8, 4) is 0 Å². The first-order valence-electron chi connectivity index (χ1n) is 9.28. The Morgan fingerprint density at radius 3 is 2.77 bits per heavy atom.